The number of guanidine groups is 1. The van der Waals surface area contributed by atoms with Gasteiger partial charge in [-0.05, 0) is 18.2 Å². The number of aromatic nitrogens is 1. The van der Waals surface area contributed by atoms with Crippen LogP contribution in [-0.4, -0.2) is 35.9 Å². The largest absolute Gasteiger partial charge is 0.573 e. The van der Waals surface area contributed by atoms with Crippen LogP contribution in [0.2, 0.25) is 0 Å². The lowest BCUT2D eigenvalue weighted by atomic mass is 10.2. The fourth-order valence-electron chi connectivity index (χ4n) is 2.41. The molecule has 5 nitrogen and oxygen atoms in total. The molecule has 0 fully saturated rings. The number of rotatable bonds is 5. The van der Waals surface area contributed by atoms with Gasteiger partial charge >= 0.3 is 6.36 Å². The highest BCUT2D eigenvalue weighted by molar-refractivity contribution is 14.0. The molecule has 26 heavy (non-hydrogen) atoms. The van der Waals surface area contributed by atoms with Crippen molar-refractivity contribution in [3.05, 3.63) is 53.9 Å². The number of aryl methyl sites for hydroxylation is 1. The first kappa shape index (κ1) is 22.1. The van der Waals surface area contributed by atoms with E-state index in [1.54, 1.807) is 19.2 Å². The molecule has 0 aliphatic carbocycles. The van der Waals surface area contributed by atoms with Gasteiger partial charge in [-0.2, -0.15) is 0 Å². The number of benzene rings is 1. The van der Waals surface area contributed by atoms with Crippen LogP contribution in [0.15, 0.2) is 47.6 Å². The van der Waals surface area contributed by atoms with Crippen molar-refractivity contribution in [2.45, 2.75) is 19.5 Å². The van der Waals surface area contributed by atoms with E-state index in [1.807, 2.05) is 41.9 Å². The van der Waals surface area contributed by atoms with Gasteiger partial charge in [0.05, 0.1) is 6.54 Å². The first-order valence-electron chi connectivity index (χ1n) is 7.66. The van der Waals surface area contributed by atoms with Crippen LogP contribution in [0.25, 0.3) is 0 Å². The van der Waals surface area contributed by atoms with Crippen LogP contribution in [0.1, 0.15) is 11.3 Å². The van der Waals surface area contributed by atoms with Gasteiger partial charge in [0.15, 0.2) is 5.96 Å². The van der Waals surface area contributed by atoms with Crippen molar-refractivity contribution in [3.8, 4) is 5.75 Å². The fraction of sp³-hybridized carbons (Fsp3) is 0.353. The highest BCUT2D eigenvalue weighted by atomic mass is 127. The van der Waals surface area contributed by atoms with Gasteiger partial charge < -0.3 is 19.5 Å². The van der Waals surface area contributed by atoms with Gasteiger partial charge in [0, 0.05) is 45.1 Å². The van der Waals surface area contributed by atoms with Crippen molar-refractivity contribution < 1.29 is 17.9 Å². The van der Waals surface area contributed by atoms with Gasteiger partial charge in [0.1, 0.15) is 5.75 Å². The number of nitrogens with zero attached hydrogens (tertiary/aromatic N) is 3. The Morgan fingerprint density at radius 3 is 2.50 bits per heavy atom. The molecule has 0 radical (unpaired) electrons. The minimum atomic E-state index is -4.72. The lowest BCUT2D eigenvalue weighted by Crippen LogP contribution is -2.38. The number of para-hydroxylation sites is 1. The quantitative estimate of drug-likeness (QED) is 0.401. The molecule has 0 saturated carbocycles. The molecule has 0 amide bonds. The second kappa shape index (κ2) is 9.70. The summed E-state index contributed by atoms with van der Waals surface area (Å²) in [6, 6.07) is 9.98. The van der Waals surface area contributed by atoms with Crippen molar-refractivity contribution in [2.75, 3.05) is 14.1 Å². The maximum atomic E-state index is 12.5. The molecule has 2 rings (SSSR count). The monoisotopic (exact) mass is 482 g/mol. The van der Waals surface area contributed by atoms with Crippen LogP contribution >= 0.6 is 24.0 Å². The molecule has 9 heteroatoms. The summed E-state index contributed by atoms with van der Waals surface area (Å²) >= 11 is 0. The predicted molar refractivity (Wildman–Crippen MR) is 106 cm³/mol. The average Bonchev–Trinajstić information content (AvgIpc) is 2.93. The predicted octanol–water partition coefficient (Wildman–Crippen LogP) is 3.75. The highest BCUT2D eigenvalue weighted by Crippen LogP contribution is 2.26. The Kier molecular flexibility index (Phi) is 8.25. The maximum absolute atomic E-state index is 12.5. The zero-order valence-corrected chi connectivity index (χ0v) is 17.1. The van der Waals surface area contributed by atoms with Crippen LogP contribution < -0.4 is 10.1 Å². The van der Waals surface area contributed by atoms with E-state index in [2.05, 4.69) is 15.0 Å². The number of hydrogen-bond acceptors (Lipinski definition) is 2. The summed E-state index contributed by atoms with van der Waals surface area (Å²) in [5.74, 6) is 0.353. The van der Waals surface area contributed by atoms with Gasteiger partial charge in [0.25, 0.3) is 0 Å². The molecule has 0 atom stereocenters. The van der Waals surface area contributed by atoms with Crippen LogP contribution in [0.5, 0.6) is 5.75 Å². The number of aliphatic imine (C=N–C) groups is 1. The molecule has 0 saturated heterocycles. The number of hydrogen-bond donors (Lipinski definition) is 1. The summed E-state index contributed by atoms with van der Waals surface area (Å²) in [6.45, 7) is 0.778. The average molecular weight is 482 g/mol. The van der Waals surface area contributed by atoms with E-state index in [9.17, 15) is 13.2 Å². The molecule has 0 bridgehead atoms. The summed E-state index contributed by atoms with van der Waals surface area (Å²) in [5, 5.41) is 3.06. The van der Waals surface area contributed by atoms with Gasteiger partial charge in [-0.15, -0.1) is 37.1 Å². The molecule has 1 heterocycles. The Bertz CT molecular complexity index is 731. The van der Waals surface area contributed by atoms with Crippen LogP contribution in [0.4, 0.5) is 13.2 Å². The van der Waals surface area contributed by atoms with Crippen LogP contribution in [0.3, 0.4) is 0 Å². The van der Waals surface area contributed by atoms with Gasteiger partial charge in [-0.1, -0.05) is 18.2 Å². The SMILES string of the molecule is CN=C(NCc1ccccc1OC(F)(F)F)N(C)Cc1cccn1C.I. The molecule has 1 aromatic heterocycles. The van der Waals surface area contributed by atoms with E-state index in [0.29, 0.717) is 18.1 Å². The van der Waals surface area contributed by atoms with E-state index >= 15 is 0 Å². The number of nitrogens with one attached hydrogen (secondary N) is 1. The van der Waals surface area contributed by atoms with E-state index < -0.39 is 6.36 Å². The fourth-order valence-corrected chi connectivity index (χ4v) is 2.41. The zero-order valence-electron chi connectivity index (χ0n) is 14.7. The van der Waals surface area contributed by atoms with E-state index in [-0.39, 0.29) is 36.3 Å². The van der Waals surface area contributed by atoms with Gasteiger partial charge in [0.2, 0.25) is 0 Å². The van der Waals surface area contributed by atoms with Crippen molar-refractivity contribution in [3.63, 3.8) is 0 Å². The summed E-state index contributed by atoms with van der Waals surface area (Å²) in [6.07, 6.45) is -2.77. The van der Waals surface area contributed by atoms with Gasteiger partial charge in [-0.3, -0.25) is 4.99 Å². The highest BCUT2D eigenvalue weighted by Gasteiger charge is 2.31. The molecule has 0 aliphatic heterocycles. The third-order valence-electron chi connectivity index (χ3n) is 3.66. The van der Waals surface area contributed by atoms with Crippen molar-refractivity contribution in [1.82, 2.24) is 14.8 Å². The summed E-state index contributed by atoms with van der Waals surface area (Å²) in [4.78, 5) is 6.07. The van der Waals surface area contributed by atoms with Crippen LogP contribution in [-0.2, 0) is 20.1 Å². The molecule has 1 N–H and O–H groups in total. The first-order chi connectivity index (χ1) is 11.8. The van der Waals surface area contributed by atoms with E-state index in [0.717, 1.165) is 5.69 Å². The lowest BCUT2D eigenvalue weighted by Gasteiger charge is -2.23. The second-order valence-electron chi connectivity index (χ2n) is 5.52. The molecule has 0 unspecified atom stereocenters. The number of alkyl halides is 3. The molecular weight excluding hydrogens is 460 g/mol. The Balaban J connectivity index is 0.00000338. The van der Waals surface area contributed by atoms with Crippen LogP contribution in [0, 0.1) is 0 Å². The summed E-state index contributed by atoms with van der Waals surface area (Å²) < 4.78 is 43.5. The molecule has 0 aliphatic rings. The smallest absolute Gasteiger partial charge is 0.405 e. The van der Waals surface area contributed by atoms with E-state index in [4.69, 9.17) is 0 Å². The minimum Gasteiger partial charge on any atom is -0.405 e. The van der Waals surface area contributed by atoms with E-state index in [1.165, 1.54) is 12.1 Å². The molecule has 1 aromatic carbocycles. The normalized spacial score (nSPS) is 11.7. The third kappa shape index (κ3) is 6.43. The molecule has 2 aromatic rings. The third-order valence-corrected chi connectivity index (χ3v) is 3.66. The van der Waals surface area contributed by atoms with Crippen molar-refractivity contribution in [2.24, 2.45) is 12.0 Å². The molecule has 144 valence electrons. The Labute approximate surface area is 167 Å². The first-order valence-corrected chi connectivity index (χ1v) is 7.66. The summed E-state index contributed by atoms with van der Waals surface area (Å²) in [5.41, 5.74) is 1.49. The van der Waals surface area contributed by atoms with Crippen molar-refractivity contribution in [1.29, 1.82) is 0 Å². The Morgan fingerprint density at radius 1 is 1.23 bits per heavy atom. The minimum absolute atomic E-state index is 0. The lowest BCUT2D eigenvalue weighted by molar-refractivity contribution is -0.274. The van der Waals surface area contributed by atoms with Gasteiger partial charge in [-0.25, -0.2) is 0 Å². The molecular formula is C17H22F3IN4O. The number of ether oxygens (including phenoxy) is 1. The maximum Gasteiger partial charge on any atom is 0.573 e. The Morgan fingerprint density at radius 2 is 1.92 bits per heavy atom. The zero-order chi connectivity index (χ0) is 18.4. The second-order valence-corrected chi connectivity index (χ2v) is 5.52. The molecule has 0 spiro atoms. The topological polar surface area (TPSA) is 41.8 Å². The Hall–Kier alpha value is -1.91. The number of halogens is 4. The standard InChI is InChI=1S/C17H21F3N4O.HI/c1-21-16(24(3)12-14-8-6-10-23(14)2)22-11-13-7-4-5-9-15(13)25-17(18,19)20;/h4-10H,11-12H2,1-3H3,(H,21,22);1H. The van der Waals surface area contributed by atoms with Crippen molar-refractivity contribution >= 4 is 29.9 Å². The summed E-state index contributed by atoms with van der Waals surface area (Å²) in [7, 11) is 5.44.